The first-order chi connectivity index (χ1) is 8.74. The Kier molecular flexibility index (Phi) is 4.61. The summed E-state index contributed by atoms with van der Waals surface area (Å²) >= 11 is 0. The number of ether oxygens (including phenoxy) is 1. The lowest BCUT2D eigenvalue weighted by molar-refractivity contribution is -0.141. The molecule has 1 aromatic rings. The molecule has 0 spiro atoms. The monoisotopic (exact) mass is 249 g/mol. The molecule has 1 aromatic carbocycles. The van der Waals surface area contributed by atoms with Crippen LogP contribution in [-0.4, -0.2) is 35.4 Å². The maximum atomic E-state index is 10.7. The molecular formula is C15H23NO2. The average molecular weight is 249 g/mol. The van der Waals surface area contributed by atoms with E-state index in [1.165, 1.54) is 19.3 Å². The third kappa shape index (κ3) is 3.24. The zero-order valence-electron chi connectivity index (χ0n) is 11.1. The first kappa shape index (κ1) is 13.4. The predicted octanol–water partition coefficient (Wildman–Crippen LogP) is 2.65. The maximum absolute atomic E-state index is 10.7. The highest BCUT2D eigenvalue weighted by molar-refractivity contribution is 5.21. The van der Waals surface area contributed by atoms with E-state index < -0.39 is 5.72 Å². The van der Waals surface area contributed by atoms with E-state index in [4.69, 9.17) is 4.74 Å². The summed E-state index contributed by atoms with van der Waals surface area (Å²) in [6, 6.07) is 9.70. The van der Waals surface area contributed by atoms with Crippen molar-refractivity contribution < 1.29 is 9.84 Å². The third-order valence-corrected chi connectivity index (χ3v) is 3.72. The fourth-order valence-electron chi connectivity index (χ4n) is 2.44. The van der Waals surface area contributed by atoms with E-state index in [1.807, 2.05) is 37.3 Å². The van der Waals surface area contributed by atoms with Crippen molar-refractivity contribution in [2.75, 3.05) is 19.7 Å². The van der Waals surface area contributed by atoms with Gasteiger partial charge in [-0.15, -0.1) is 0 Å². The second-order valence-corrected chi connectivity index (χ2v) is 4.99. The lowest BCUT2D eigenvalue weighted by Crippen LogP contribution is -2.54. The fourth-order valence-corrected chi connectivity index (χ4v) is 2.44. The van der Waals surface area contributed by atoms with Crippen LogP contribution in [0, 0.1) is 0 Å². The van der Waals surface area contributed by atoms with E-state index in [-0.39, 0.29) is 0 Å². The Morgan fingerprint density at radius 2 is 1.83 bits per heavy atom. The first-order valence-corrected chi connectivity index (χ1v) is 6.90. The molecule has 3 nitrogen and oxygen atoms in total. The highest BCUT2D eigenvalue weighted by atomic mass is 16.5. The molecule has 0 saturated carbocycles. The third-order valence-electron chi connectivity index (χ3n) is 3.72. The maximum Gasteiger partial charge on any atom is 0.152 e. The summed E-state index contributed by atoms with van der Waals surface area (Å²) in [4.78, 5) is 2.17. The first-order valence-electron chi connectivity index (χ1n) is 6.90. The largest absolute Gasteiger partial charge is 0.489 e. The number of nitrogens with zero attached hydrogens (tertiary/aromatic N) is 1. The number of benzene rings is 1. The van der Waals surface area contributed by atoms with Crippen LogP contribution in [0.5, 0.6) is 5.75 Å². The summed E-state index contributed by atoms with van der Waals surface area (Å²) in [5.74, 6) is 0.821. The standard InChI is InChI=1S/C15H23NO2/c1-2-15(17,16-11-7-4-8-12-16)13-18-14-9-5-3-6-10-14/h3,5-6,9-10,17H,2,4,7-8,11-13H2,1H3. The van der Waals surface area contributed by atoms with E-state index in [1.54, 1.807) is 0 Å². The smallest absolute Gasteiger partial charge is 0.152 e. The molecule has 0 aromatic heterocycles. The van der Waals surface area contributed by atoms with Gasteiger partial charge in [-0.1, -0.05) is 31.5 Å². The molecule has 1 unspecified atom stereocenters. The molecule has 1 saturated heterocycles. The Morgan fingerprint density at radius 3 is 2.44 bits per heavy atom. The minimum atomic E-state index is -0.823. The molecule has 100 valence electrons. The SMILES string of the molecule is CCC(O)(COc1ccccc1)N1CCCCC1. The van der Waals surface area contributed by atoms with Crippen LogP contribution in [0.15, 0.2) is 30.3 Å². The van der Waals surface area contributed by atoms with Gasteiger partial charge in [0.05, 0.1) is 0 Å². The van der Waals surface area contributed by atoms with Crippen LogP contribution in [0.4, 0.5) is 0 Å². The quantitative estimate of drug-likeness (QED) is 0.870. The van der Waals surface area contributed by atoms with E-state index >= 15 is 0 Å². The number of piperidine rings is 1. The average Bonchev–Trinajstić information content (AvgIpc) is 2.47. The topological polar surface area (TPSA) is 32.7 Å². The van der Waals surface area contributed by atoms with Crippen molar-refractivity contribution in [1.82, 2.24) is 4.90 Å². The molecule has 0 bridgehead atoms. The second-order valence-electron chi connectivity index (χ2n) is 4.99. The lowest BCUT2D eigenvalue weighted by atomic mass is 10.0. The highest BCUT2D eigenvalue weighted by Crippen LogP contribution is 2.23. The van der Waals surface area contributed by atoms with Gasteiger partial charge in [-0.05, 0) is 31.4 Å². The molecule has 3 heteroatoms. The van der Waals surface area contributed by atoms with Crippen LogP contribution in [0.2, 0.25) is 0 Å². The van der Waals surface area contributed by atoms with Crippen LogP contribution in [-0.2, 0) is 0 Å². The Morgan fingerprint density at radius 1 is 1.17 bits per heavy atom. The van der Waals surface area contributed by atoms with Gasteiger partial charge in [-0.2, -0.15) is 0 Å². The minimum Gasteiger partial charge on any atom is -0.489 e. The van der Waals surface area contributed by atoms with E-state index in [9.17, 15) is 5.11 Å². The number of hydrogen-bond acceptors (Lipinski definition) is 3. The number of hydrogen-bond donors (Lipinski definition) is 1. The second kappa shape index (κ2) is 6.21. The Bertz CT molecular complexity index is 349. The molecule has 1 N–H and O–H groups in total. The normalized spacial score (nSPS) is 20.3. The van der Waals surface area contributed by atoms with Gasteiger partial charge in [0.2, 0.25) is 0 Å². The van der Waals surface area contributed by atoms with Crippen LogP contribution in [0.25, 0.3) is 0 Å². The van der Waals surface area contributed by atoms with Crippen molar-refractivity contribution in [2.24, 2.45) is 0 Å². The summed E-state index contributed by atoms with van der Waals surface area (Å²) < 4.78 is 5.72. The molecule has 1 aliphatic heterocycles. The van der Waals surface area contributed by atoms with Crippen LogP contribution < -0.4 is 4.74 Å². The summed E-state index contributed by atoms with van der Waals surface area (Å²) in [6.07, 6.45) is 4.32. The van der Waals surface area contributed by atoms with Crippen molar-refractivity contribution in [3.8, 4) is 5.75 Å². The molecule has 2 rings (SSSR count). The molecule has 1 aliphatic rings. The van der Waals surface area contributed by atoms with Crippen LogP contribution >= 0.6 is 0 Å². The summed E-state index contributed by atoms with van der Waals surface area (Å²) in [5, 5.41) is 10.7. The molecule has 18 heavy (non-hydrogen) atoms. The molecule has 1 fully saturated rings. The van der Waals surface area contributed by atoms with Crippen molar-refractivity contribution in [2.45, 2.75) is 38.3 Å². The van der Waals surface area contributed by atoms with Gasteiger partial charge in [0.1, 0.15) is 12.4 Å². The van der Waals surface area contributed by atoms with Gasteiger partial charge in [0.25, 0.3) is 0 Å². The van der Waals surface area contributed by atoms with Crippen LogP contribution in [0.3, 0.4) is 0 Å². The fraction of sp³-hybridized carbons (Fsp3) is 0.600. The highest BCUT2D eigenvalue weighted by Gasteiger charge is 2.34. The molecule has 1 heterocycles. The van der Waals surface area contributed by atoms with Gasteiger partial charge in [0, 0.05) is 13.1 Å². The van der Waals surface area contributed by atoms with Crippen molar-refractivity contribution in [3.05, 3.63) is 30.3 Å². The van der Waals surface area contributed by atoms with Gasteiger partial charge in [0.15, 0.2) is 5.72 Å². The van der Waals surface area contributed by atoms with Gasteiger partial charge in [-0.25, -0.2) is 0 Å². The van der Waals surface area contributed by atoms with E-state index in [0.29, 0.717) is 13.0 Å². The molecular weight excluding hydrogens is 226 g/mol. The molecule has 0 amide bonds. The van der Waals surface area contributed by atoms with E-state index in [2.05, 4.69) is 4.90 Å². The number of rotatable bonds is 5. The number of para-hydroxylation sites is 1. The Hall–Kier alpha value is -1.06. The lowest BCUT2D eigenvalue weighted by Gasteiger charge is -2.41. The van der Waals surface area contributed by atoms with Gasteiger partial charge < -0.3 is 9.84 Å². The zero-order valence-corrected chi connectivity index (χ0v) is 11.1. The molecule has 0 radical (unpaired) electrons. The Labute approximate surface area is 109 Å². The van der Waals surface area contributed by atoms with Crippen LogP contribution in [0.1, 0.15) is 32.6 Å². The number of aliphatic hydroxyl groups is 1. The minimum absolute atomic E-state index is 0.341. The number of likely N-dealkylation sites (tertiary alicyclic amines) is 1. The summed E-state index contributed by atoms with van der Waals surface area (Å²) in [7, 11) is 0. The summed E-state index contributed by atoms with van der Waals surface area (Å²) in [5.41, 5.74) is -0.823. The predicted molar refractivity (Wildman–Crippen MR) is 72.6 cm³/mol. The Balaban J connectivity index is 1.94. The van der Waals surface area contributed by atoms with Gasteiger partial charge in [-0.3, -0.25) is 4.90 Å². The van der Waals surface area contributed by atoms with Crippen molar-refractivity contribution in [3.63, 3.8) is 0 Å². The van der Waals surface area contributed by atoms with Crippen molar-refractivity contribution in [1.29, 1.82) is 0 Å². The van der Waals surface area contributed by atoms with Crippen molar-refractivity contribution >= 4 is 0 Å². The zero-order chi connectivity index (χ0) is 12.8. The van der Waals surface area contributed by atoms with E-state index in [0.717, 1.165) is 18.8 Å². The molecule has 1 atom stereocenters. The molecule has 0 aliphatic carbocycles. The van der Waals surface area contributed by atoms with Gasteiger partial charge >= 0.3 is 0 Å². The summed E-state index contributed by atoms with van der Waals surface area (Å²) in [6.45, 7) is 4.31.